The second-order valence-corrected chi connectivity index (χ2v) is 9.40. The van der Waals surface area contributed by atoms with Crippen molar-refractivity contribution in [1.29, 1.82) is 0 Å². The fraction of sp³-hybridized carbons (Fsp3) is 0.208. The lowest BCUT2D eigenvalue weighted by Gasteiger charge is -2.19. The Kier molecular flexibility index (Phi) is 6.65. The first kappa shape index (κ1) is 22.4. The van der Waals surface area contributed by atoms with Gasteiger partial charge in [0.2, 0.25) is 0 Å². The summed E-state index contributed by atoms with van der Waals surface area (Å²) >= 11 is 0. The number of hydrogen-bond acceptors (Lipinski definition) is 4. The first-order valence-corrected chi connectivity index (χ1v) is 11.4. The summed E-state index contributed by atoms with van der Waals surface area (Å²) < 4.78 is 27.8. The molecule has 0 heterocycles. The highest BCUT2D eigenvalue weighted by molar-refractivity contribution is 7.92. The minimum absolute atomic E-state index is 0.174. The molecular formula is C24H27N3O3S. The Morgan fingerprint density at radius 2 is 1.55 bits per heavy atom. The standard InChI is InChI=1S/C24H27N3O3S/c1-18-8-14-23(15-9-18)31(29,30)25-21-7-5-6-20(16-21)24(28)27(4)17-19-10-12-22(13-11-19)26(2)3/h5-16,25H,17H2,1-4H3. The van der Waals surface area contributed by atoms with Crippen molar-refractivity contribution in [3.63, 3.8) is 0 Å². The van der Waals surface area contributed by atoms with Crippen LogP contribution < -0.4 is 9.62 Å². The maximum atomic E-state index is 12.9. The van der Waals surface area contributed by atoms with Crippen LogP contribution in [0, 0.1) is 6.92 Å². The van der Waals surface area contributed by atoms with E-state index >= 15 is 0 Å². The van der Waals surface area contributed by atoms with E-state index in [-0.39, 0.29) is 10.8 Å². The molecule has 31 heavy (non-hydrogen) atoms. The molecule has 162 valence electrons. The predicted molar refractivity (Wildman–Crippen MR) is 125 cm³/mol. The minimum Gasteiger partial charge on any atom is -0.378 e. The van der Waals surface area contributed by atoms with Gasteiger partial charge < -0.3 is 9.80 Å². The molecule has 6 nitrogen and oxygen atoms in total. The Morgan fingerprint density at radius 3 is 2.16 bits per heavy atom. The summed E-state index contributed by atoms with van der Waals surface area (Å²) in [4.78, 5) is 16.7. The Morgan fingerprint density at radius 1 is 0.903 bits per heavy atom. The molecule has 0 aromatic heterocycles. The smallest absolute Gasteiger partial charge is 0.261 e. The van der Waals surface area contributed by atoms with Gasteiger partial charge >= 0.3 is 0 Å². The monoisotopic (exact) mass is 437 g/mol. The number of nitrogens with zero attached hydrogens (tertiary/aromatic N) is 2. The number of carbonyl (C=O) groups excluding carboxylic acids is 1. The molecule has 0 aliphatic heterocycles. The number of hydrogen-bond donors (Lipinski definition) is 1. The molecule has 0 fully saturated rings. The van der Waals surface area contributed by atoms with Crippen molar-refractivity contribution in [1.82, 2.24) is 4.90 Å². The van der Waals surface area contributed by atoms with E-state index < -0.39 is 10.0 Å². The maximum Gasteiger partial charge on any atom is 0.261 e. The molecule has 1 N–H and O–H groups in total. The first-order valence-electron chi connectivity index (χ1n) is 9.87. The molecule has 0 spiro atoms. The third-order valence-electron chi connectivity index (χ3n) is 4.91. The second-order valence-electron chi connectivity index (χ2n) is 7.72. The SMILES string of the molecule is Cc1ccc(S(=O)(=O)Nc2cccc(C(=O)N(C)Cc3ccc(N(C)C)cc3)c2)cc1. The van der Waals surface area contributed by atoms with Crippen molar-refractivity contribution in [3.8, 4) is 0 Å². The summed E-state index contributed by atoms with van der Waals surface area (Å²) in [5, 5.41) is 0. The highest BCUT2D eigenvalue weighted by atomic mass is 32.2. The molecule has 3 aromatic carbocycles. The van der Waals surface area contributed by atoms with Crippen LogP contribution in [0.4, 0.5) is 11.4 Å². The minimum atomic E-state index is -3.73. The number of amides is 1. The van der Waals surface area contributed by atoms with Gasteiger partial charge in [-0.3, -0.25) is 9.52 Å². The van der Waals surface area contributed by atoms with Crippen LogP contribution >= 0.6 is 0 Å². The summed E-state index contributed by atoms with van der Waals surface area (Å²) in [7, 11) is 1.95. The molecule has 7 heteroatoms. The van der Waals surface area contributed by atoms with Crippen LogP contribution in [0.5, 0.6) is 0 Å². The molecular weight excluding hydrogens is 410 g/mol. The third-order valence-corrected chi connectivity index (χ3v) is 6.31. The van der Waals surface area contributed by atoms with Gasteiger partial charge in [-0.25, -0.2) is 8.42 Å². The Balaban J connectivity index is 1.72. The summed E-state index contributed by atoms with van der Waals surface area (Å²) in [6.07, 6.45) is 0. The normalized spacial score (nSPS) is 11.1. The lowest BCUT2D eigenvalue weighted by Crippen LogP contribution is -2.26. The molecule has 0 atom stereocenters. The number of rotatable bonds is 7. The molecule has 1 amide bonds. The molecule has 0 radical (unpaired) electrons. The van der Waals surface area contributed by atoms with Crippen LogP contribution in [-0.2, 0) is 16.6 Å². The maximum absolute atomic E-state index is 12.9. The number of nitrogens with one attached hydrogen (secondary N) is 1. The fourth-order valence-electron chi connectivity index (χ4n) is 3.11. The van der Waals surface area contributed by atoms with Gasteiger partial charge in [-0.2, -0.15) is 0 Å². The van der Waals surface area contributed by atoms with Crippen LogP contribution in [0.2, 0.25) is 0 Å². The number of anilines is 2. The topological polar surface area (TPSA) is 69.7 Å². The van der Waals surface area contributed by atoms with E-state index in [1.165, 1.54) is 0 Å². The predicted octanol–water partition coefficient (Wildman–Crippen LogP) is 4.13. The van der Waals surface area contributed by atoms with Gasteiger partial charge in [0.25, 0.3) is 15.9 Å². The van der Waals surface area contributed by atoms with Crippen molar-refractivity contribution >= 4 is 27.3 Å². The van der Waals surface area contributed by atoms with Gasteiger partial charge in [0.05, 0.1) is 4.90 Å². The molecule has 0 bridgehead atoms. The lowest BCUT2D eigenvalue weighted by molar-refractivity contribution is 0.0785. The van der Waals surface area contributed by atoms with E-state index in [0.29, 0.717) is 17.8 Å². The van der Waals surface area contributed by atoms with Crippen molar-refractivity contribution in [2.75, 3.05) is 30.8 Å². The Labute approximate surface area is 184 Å². The zero-order valence-electron chi connectivity index (χ0n) is 18.2. The average molecular weight is 438 g/mol. The van der Waals surface area contributed by atoms with Gasteiger partial charge in [-0.05, 0) is 55.0 Å². The Bertz CT molecular complexity index is 1160. The van der Waals surface area contributed by atoms with Crippen molar-refractivity contribution in [3.05, 3.63) is 89.5 Å². The fourth-order valence-corrected chi connectivity index (χ4v) is 4.16. The van der Waals surface area contributed by atoms with E-state index in [1.807, 2.05) is 50.2 Å². The zero-order valence-corrected chi connectivity index (χ0v) is 19.0. The third kappa shape index (κ3) is 5.64. The number of benzene rings is 3. The van der Waals surface area contributed by atoms with Crippen molar-refractivity contribution < 1.29 is 13.2 Å². The van der Waals surface area contributed by atoms with E-state index in [2.05, 4.69) is 4.72 Å². The average Bonchev–Trinajstić information content (AvgIpc) is 2.73. The lowest BCUT2D eigenvalue weighted by atomic mass is 10.1. The first-order chi connectivity index (χ1) is 14.7. The van der Waals surface area contributed by atoms with Gasteiger partial charge in [0.1, 0.15) is 0 Å². The van der Waals surface area contributed by atoms with Crippen molar-refractivity contribution in [2.45, 2.75) is 18.4 Å². The highest BCUT2D eigenvalue weighted by Gasteiger charge is 2.16. The number of aryl methyl sites for hydroxylation is 1. The Hall–Kier alpha value is -3.32. The van der Waals surface area contributed by atoms with Crippen LogP contribution in [0.1, 0.15) is 21.5 Å². The zero-order chi connectivity index (χ0) is 22.6. The number of sulfonamides is 1. The molecule has 3 rings (SSSR count). The van der Waals surface area contributed by atoms with Crippen LogP contribution in [-0.4, -0.2) is 40.4 Å². The van der Waals surface area contributed by atoms with Crippen LogP contribution in [0.25, 0.3) is 0 Å². The van der Waals surface area contributed by atoms with E-state index in [9.17, 15) is 13.2 Å². The molecule has 0 unspecified atom stereocenters. The molecule has 3 aromatic rings. The number of carbonyl (C=O) groups is 1. The quantitative estimate of drug-likeness (QED) is 0.603. The van der Waals surface area contributed by atoms with Gasteiger partial charge in [-0.1, -0.05) is 35.9 Å². The van der Waals surface area contributed by atoms with E-state index in [0.717, 1.165) is 16.8 Å². The molecule has 0 aliphatic rings. The highest BCUT2D eigenvalue weighted by Crippen LogP contribution is 2.19. The van der Waals surface area contributed by atoms with Gasteiger partial charge in [-0.15, -0.1) is 0 Å². The van der Waals surface area contributed by atoms with Gasteiger partial charge in [0.15, 0.2) is 0 Å². The van der Waals surface area contributed by atoms with Crippen LogP contribution in [0.15, 0.2) is 77.7 Å². The van der Waals surface area contributed by atoms with Gasteiger partial charge in [0, 0.05) is 44.6 Å². The van der Waals surface area contributed by atoms with E-state index in [4.69, 9.17) is 0 Å². The van der Waals surface area contributed by atoms with Crippen LogP contribution in [0.3, 0.4) is 0 Å². The molecule has 0 saturated carbocycles. The summed E-state index contributed by atoms with van der Waals surface area (Å²) in [6, 6.07) is 21.1. The summed E-state index contributed by atoms with van der Waals surface area (Å²) in [6.45, 7) is 2.35. The summed E-state index contributed by atoms with van der Waals surface area (Å²) in [5.41, 5.74) is 3.83. The molecule has 0 aliphatic carbocycles. The summed E-state index contributed by atoms with van der Waals surface area (Å²) in [5.74, 6) is -0.187. The second kappa shape index (κ2) is 9.22. The van der Waals surface area contributed by atoms with Crippen molar-refractivity contribution in [2.24, 2.45) is 0 Å². The molecule has 0 saturated heterocycles. The largest absolute Gasteiger partial charge is 0.378 e. The van der Waals surface area contributed by atoms with E-state index in [1.54, 1.807) is 60.5 Å².